The second-order valence-corrected chi connectivity index (χ2v) is 7.45. The fourth-order valence-electron chi connectivity index (χ4n) is 3.73. The highest BCUT2D eigenvalue weighted by molar-refractivity contribution is 6.22. The molecular formula is C20H11F10NO2. The SMILES string of the molecule is CC(CC1C(=O)N(c2c(F)c(F)c(F)c(F)c2F)C(=O)C1C)c1c(F)c(F)c(F)c(F)c1F. The van der Waals surface area contributed by atoms with Crippen molar-refractivity contribution in [2.24, 2.45) is 11.8 Å². The fourth-order valence-corrected chi connectivity index (χ4v) is 3.73. The molecule has 2 aromatic rings. The van der Waals surface area contributed by atoms with Crippen molar-refractivity contribution in [3.63, 3.8) is 0 Å². The molecule has 1 aliphatic rings. The Morgan fingerprint density at radius 2 is 1.00 bits per heavy atom. The molecule has 0 radical (unpaired) electrons. The number of carbonyl (C=O) groups excluding carboxylic acids is 2. The maximum absolute atomic E-state index is 14.1. The Morgan fingerprint density at radius 1 is 0.636 bits per heavy atom. The predicted octanol–water partition coefficient (Wildman–Crippen LogP) is 5.40. The van der Waals surface area contributed by atoms with Gasteiger partial charge in [-0.2, -0.15) is 0 Å². The number of nitrogens with zero attached hydrogens (tertiary/aromatic N) is 1. The van der Waals surface area contributed by atoms with E-state index in [1.165, 1.54) is 0 Å². The molecule has 2 aromatic carbocycles. The zero-order valence-electron chi connectivity index (χ0n) is 16.5. The van der Waals surface area contributed by atoms with Gasteiger partial charge in [0.05, 0.1) is 5.92 Å². The average molecular weight is 487 g/mol. The number of anilines is 1. The molecule has 13 heteroatoms. The van der Waals surface area contributed by atoms with Gasteiger partial charge >= 0.3 is 0 Å². The average Bonchev–Trinajstić information content (AvgIpc) is 2.97. The molecule has 1 fully saturated rings. The van der Waals surface area contributed by atoms with Crippen molar-refractivity contribution >= 4 is 17.5 Å². The number of halogens is 10. The van der Waals surface area contributed by atoms with Crippen molar-refractivity contribution < 1.29 is 53.5 Å². The molecule has 3 unspecified atom stereocenters. The van der Waals surface area contributed by atoms with Crippen LogP contribution in [0, 0.1) is 70.0 Å². The predicted molar refractivity (Wildman–Crippen MR) is 90.6 cm³/mol. The summed E-state index contributed by atoms with van der Waals surface area (Å²) in [7, 11) is 0. The van der Waals surface area contributed by atoms with Gasteiger partial charge in [0.15, 0.2) is 46.5 Å². The summed E-state index contributed by atoms with van der Waals surface area (Å²) in [5.41, 5.74) is -3.13. The quantitative estimate of drug-likeness (QED) is 0.251. The van der Waals surface area contributed by atoms with Gasteiger partial charge in [-0.25, -0.2) is 48.8 Å². The lowest BCUT2D eigenvalue weighted by Crippen LogP contribution is -2.33. The molecule has 33 heavy (non-hydrogen) atoms. The van der Waals surface area contributed by atoms with Crippen LogP contribution in [-0.4, -0.2) is 11.8 Å². The van der Waals surface area contributed by atoms with E-state index in [-0.39, 0.29) is 4.90 Å². The lowest BCUT2D eigenvalue weighted by Gasteiger charge is -2.20. The first-order chi connectivity index (χ1) is 15.2. The Bertz CT molecular complexity index is 1140. The van der Waals surface area contributed by atoms with Gasteiger partial charge in [-0.3, -0.25) is 9.59 Å². The van der Waals surface area contributed by atoms with Crippen molar-refractivity contribution in [3.8, 4) is 0 Å². The molecule has 3 nitrogen and oxygen atoms in total. The van der Waals surface area contributed by atoms with E-state index < -0.39 is 105 Å². The van der Waals surface area contributed by atoms with E-state index >= 15 is 0 Å². The molecule has 3 atom stereocenters. The highest BCUT2D eigenvalue weighted by atomic mass is 19.2. The van der Waals surface area contributed by atoms with Gasteiger partial charge in [0.1, 0.15) is 5.69 Å². The molecule has 3 rings (SSSR count). The van der Waals surface area contributed by atoms with Gasteiger partial charge in [0.25, 0.3) is 0 Å². The summed E-state index contributed by atoms with van der Waals surface area (Å²) in [4.78, 5) is 24.9. The van der Waals surface area contributed by atoms with Gasteiger partial charge in [-0.1, -0.05) is 13.8 Å². The summed E-state index contributed by atoms with van der Waals surface area (Å²) in [6, 6.07) is 0. The van der Waals surface area contributed by atoms with Crippen molar-refractivity contribution in [2.45, 2.75) is 26.2 Å². The zero-order chi connectivity index (χ0) is 25.1. The van der Waals surface area contributed by atoms with Crippen LogP contribution in [0.5, 0.6) is 0 Å². The van der Waals surface area contributed by atoms with E-state index in [1.807, 2.05) is 0 Å². The van der Waals surface area contributed by atoms with Crippen LogP contribution in [0.1, 0.15) is 31.7 Å². The Labute approximate surface area is 178 Å². The van der Waals surface area contributed by atoms with Crippen molar-refractivity contribution in [1.82, 2.24) is 0 Å². The van der Waals surface area contributed by atoms with E-state index in [2.05, 4.69) is 0 Å². The molecule has 178 valence electrons. The molecular weight excluding hydrogens is 476 g/mol. The lowest BCUT2D eigenvalue weighted by atomic mass is 9.84. The number of rotatable bonds is 4. The minimum atomic E-state index is -2.53. The summed E-state index contributed by atoms with van der Waals surface area (Å²) < 4.78 is 137. The van der Waals surface area contributed by atoms with E-state index in [1.54, 1.807) is 0 Å². The van der Waals surface area contributed by atoms with Crippen molar-refractivity contribution in [1.29, 1.82) is 0 Å². The summed E-state index contributed by atoms with van der Waals surface area (Å²) >= 11 is 0. The van der Waals surface area contributed by atoms with Crippen molar-refractivity contribution in [2.75, 3.05) is 4.90 Å². The van der Waals surface area contributed by atoms with Gasteiger partial charge in [-0.05, 0) is 12.3 Å². The van der Waals surface area contributed by atoms with Gasteiger partial charge in [0, 0.05) is 11.5 Å². The van der Waals surface area contributed by atoms with Crippen molar-refractivity contribution in [3.05, 3.63) is 63.7 Å². The first kappa shape index (κ1) is 24.5. The van der Waals surface area contributed by atoms with Crippen LogP contribution in [0.4, 0.5) is 49.6 Å². The first-order valence-corrected chi connectivity index (χ1v) is 9.14. The van der Waals surface area contributed by atoms with Gasteiger partial charge in [0.2, 0.25) is 23.4 Å². The summed E-state index contributed by atoms with van der Waals surface area (Å²) in [5, 5.41) is 0. The molecule has 0 saturated carbocycles. The number of carbonyl (C=O) groups is 2. The monoisotopic (exact) mass is 487 g/mol. The normalized spacial score (nSPS) is 19.6. The number of amides is 2. The van der Waals surface area contributed by atoms with E-state index in [4.69, 9.17) is 0 Å². The van der Waals surface area contributed by atoms with Crippen LogP contribution in [0.15, 0.2) is 0 Å². The van der Waals surface area contributed by atoms with Crippen LogP contribution in [0.2, 0.25) is 0 Å². The van der Waals surface area contributed by atoms with Crippen LogP contribution in [0.25, 0.3) is 0 Å². The Balaban J connectivity index is 2.03. The Morgan fingerprint density at radius 3 is 1.42 bits per heavy atom. The molecule has 1 heterocycles. The van der Waals surface area contributed by atoms with Crippen LogP contribution < -0.4 is 4.90 Å². The lowest BCUT2D eigenvalue weighted by molar-refractivity contribution is -0.122. The van der Waals surface area contributed by atoms with E-state index in [0.29, 0.717) is 0 Å². The number of imide groups is 1. The third-order valence-electron chi connectivity index (χ3n) is 5.51. The smallest absolute Gasteiger partial charge is 0.237 e. The second-order valence-electron chi connectivity index (χ2n) is 7.45. The Kier molecular flexibility index (Phi) is 6.20. The molecule has 1 saturated heterocycles. The summed E-state index contributed by atoms with van der Waals surface area (Å²) in [6.07, 6.45) is -0.754. The molecule has 0 spiro atoms. The Hall–Kier alpha value is -3.12. The van der Waals surface area contributed by atoms with Gasteiger partial charge < -0.3 is 0 Å². The largest absolute Gasteiger partial charge is 0.274 e. The number of hydrogen-bond acceptors (Lipinski definition) is 2. The van der Waals surface area contributed by atoms with Gasteiger partial charge in [-0.15, -0.1) is 0 Å². The molecule has 0 aromatic heterocycles. The maximum atomic E-state index is 14.1. The molecule has 0 bridgehead atoms. The summed E-state index contributed by atoms with van der Waals surface area (Å²) in [5.74, 6) is -31.2. The standard InChI is InChI=1S/C20H11F10NO2/c1-4(7-8(21)10(23)12(25)11(24)9(7)22)3-6-5(2)19(32)31(20(6)33)18-16(29)14(27)13(26)15(28)17(18)30/h4-6H,3H2,1-2H3. The maximum Gasteiger partial charge on any atom is 0.237 e. The number of hydrogen-bond donors (Lipinski definition) is 0. The van der Waals surface area contributed by atoms with E-state index in [0.717, 1.165) is 13.8 Å². The topological polar surface area (TPSA) is 37.4 Å². The van der Waals surface area contributed by atoms with Crippen LogP contribution in [0.3, 0.4) is 0 Å². The molecule has 0 N–H and O–H groups in total. The minimum Gasteiger partial charge on any atom is -0.274 e. The molecule has 0 aliphatic carbocycles. The highest BCUT2D eigenvalue weighted by Gasteiger charge is 2.49. The zero-order valence-corrected chi connectivity index (χ0v) is 16.5. The highest BCUT2D eigenvalue weighted by Crippen LogP contribution is 2.41. The second kappa shape index (κ2) is 8.34. The van der Waals surface area contributed by atoms with E-state index in [9.17, 15) is 53.5 Å². The summed E-state index contributed by atoms with van der Waals surface area (Å²) in [6.45, 7) is 1.99. The molecule has 1 aliphatic heterocycles. The van der Waals surface area contributed by atoms with Crippen LogP contribution in [-0.2, 0) is 9.59 Å². The third kappa shape index (κ3) is 3.53. The number of benzene rings is 2. The fraction of sp³-hybridized carbons (Fsp3) is 0.300. The third-order valence-corrected chi connectivity index (χ3v) is 5.51. The van der Waals surface area contributed by atoms with Crippen LogP contribution >= 0.6 is 0 Å². The first-order valence-electron chi connectivity index (χ1n) is 9.14. The molecule has 2 amide bonds. The minimum absolute atomic E-state index is 0.281.